The van der Waals surface area contributed by atoms with Crippen molar-refractivity contribution in [1.29, 1.82) is 0 Å². The average molecular weight is 321 g/mol. The highest BCUT2D eigenvalue weighted by atomic mass is 79.9. The van der Waals surface area contributed by atoms with E-state index in [1.54, 1.807) is 0 Å². The van der Waals surface area contributed by atoms with E-state index in [1.807, 2.05) is 6.92 Å². The third-order valence-corrected chi connectivity index (χ3v) is 2.90. The lowest BCUT2D eigenvalue weighted by molar-refractivity contribution is 0.0491. The molecule has 0 aliphatic heterocycles. The van der Waals surface area contributed by atoms with E-state index in [4.69, 9.17) is 9.47 Å². The Kier molecular flexibility index (Phi) is 5.40. The maximum atomic E-state index is 13.6. The fourth-order valence-electron chi connectivity index (χ4n) is 1.36. The van der Waals surface area contributed by atoms with Gasteiger partial charge in [-0.25, -0.2) is 9.18 Å². The van der Waals surface area contributed by atoms with Crippen molar-refractivity contribution in [3.05, 3.63) is 21.9 Å². The van der Waals surface area contributed by atoms with Crippen LogP contribution in [0, 0.1) is 5.82 Å². The monoisotopic (exact) mass is 320 g/mol. The highest BCUT2D eigenvalue weighted by molar-refractivity contribution is 9.10. The van der Waals surface area contributed by atoms with E-state index in [-0.39, 0.29) is 22.4 Å². The van der Waals surface area contributed by atoms with Crippen LogP contribution in [-0.4, -0.2) is 24.8 Å². The molecule has 1 N–H and O–H groups in total. The minimum absolute atomic E-state index is 0.0724. The van der Waals surface area contributed by atoms with Crippen molar-refractivity contribution in [2.24, 2.45) is 0 Å². The minimum Gasteiger partial charge on any atom is -0.506 e. The molecule has 6 heteroatoms. The van der Waals surface area contributed by atoms with Gasteiger partial charge in [-0.2, -0.15) is 0 Å². The third kappa shape index (κ3) is 3.13. The van der Waals surface area contributed by atoms with Gasteiger partial charge < -0.3 is 14.6 Å². The van der Waals surface area contributed by atoms with Crippen LogP contribution < -0.4 is 4.74 Å². The van der Waals surface area contributed by atoms with Gasteiger partial charge >= 0.3 is 5.97 Å². The molecular weight excluding hydrogens is 307 g/mol. The Morgan fingerprint density at radius 1 is 1.56 bits per heavy atom. The number of aromatic hydroxyl groups is 1. The van der Waals surface area contributed by atoms with Crippen LogP contribution >= 0.6 is 15.9 Å². The second-order valence-electron chi connectivity index (χ2n) is 3.59. The Morgan fingerprint density at radius 3 is 2.78 bits per heavy atom. The van der Waals surface area contributed by atoms with E-state index >= 15 is 0 Å². The van der Waals surface area contributed by atoms with Crippen LogP contribution in [0.1, 0.15) is 30.1 Å². The Bertz CT molecular complexity index is 448. The van der Waals surface area contributed by atoms with Crippen molar-refractivity contribution in [2.75, 3.05) is 13.7 Å². The number of esters is 1. The molecule has 0 aliphatic carbocycles. The van der Waals surface area contributed by atoms with Gasteiger partial charge in [-0.1, -0.05) is 13.3 Å². The Labute approximate surface area is 113 Å². The summed E-state index contributed by atoms with van der Waals surface area (Å²) in [6, 6.07) is 1.02. The van der Waals surface area contributed by atoms with E-state index < -0.39 is 17.5 Å². The molecule has 0 fully saturated rings. The molecule has 0 saturated carbocycles. The first-order chi connectivity index (χ1) is 8.52. The zero-order valence-electron chi connectivity index (χ0n) is 10.1. The number of phenolic OH excluding ortho intramolecular Hbond substituents is 1. The van der Waals surface area contributed by atoms with Crippen molar-refractivity contribution in [2.45, 2.75) is 19.8 Å². The zero-order valence-corrected chi connectivity index (χ0v) is 11.7. The molecule has 0 bridgehead atoms. The topological polar surface area (TPSA) is 55.8 Å². The van der Waals surface area contributed by atoms with Crippen molar-refractivity contribution in [3.63, 3.8) is 0 Å². The molecule has 4 nitrogen and oxygen atoms in total. The van der Waals surface area contributed by atoms with E-state index in [2.05, 4.69) is 15.9 Å². The van der Waals surface area contributed by atoms with Crippen LogP contribution in [0.5, 0.6) is 11.5 Å². The van der Waals surface area contributed by atoms with Crippen LogP contribution in [-0.2, 0) is 4.74 Å². The molecule has 0 aliphatic rings. The minimum atomic E-state index is -0.807. The SMILES string of the molecule is CCCCOC(=O)c1c(O)c(Br)cc(F)c1OC. The molecule has 1 aromatic rings. The van der Waals surface area contributed by atoms with Crippen LogP contribution in [0.25, 0.3) is 0 Å². The summed E-state index contributed by atoms with van der Waals surface area (Å²) in [5, 5.41) is 9.77. The van der Waals surface area contributed by atoms with E-state index in [0.717, 1.165) is 12.5 Å². The summed E-state index contributed by atoms with van der Waals surface area (Å²) in [5.74, 6) is -2.27. The summed E-state index contributed by atoms with van der Waals surface area (Å²) >= 11 is 2.96. The lowest BCUT2D eigenvalue weighted by Crippen LogP contribution is -2.10. The predicted octanol–water partition coefficient (Wildman–Crippen LogP) is 3.26. The second-order valence-corrected chi connectivity index (χ2v) is 4.44. The average Bonchev–Trinajstić information content (AvgIpc) is 2.33. The first-order valence-electron chi connectivity index (χ1n) is 5.45. The molecule has 0 unspecified atom stereocenters. The quantitative estimate of drug-likeness (QED) is 0.668. The lowest BCUT2D eigenvalue weighted by Gasteiger charge is -2.12. The van der Waals surface area contributed by atoms with Gasteiger partial charge in [0.15, 0.2) is 11.6 Å². The number of carbonyl (C=O) groups is 1. The zero-order chi connectivity index (χ0) is 13.7. The van der Waals surface area contributed by atoms with Crippen molar-refractivity contribution in [3.8, 4) is 11.5 Å². The second kappa shape index (κ2) is 6.58. The molecule has 0 radical (unpaired) electrons. The summed E-state index contributed by atoms with van der Waals surface area (Å²) in [6.45, 7) is 2.16. The van der Waals surface area contributed by atoms with Crippen molar-refractivity contribution >= 4 is 21.9 Å². The van der Waals surface area contributed by atoms with Gasteiger partial charge in [0.05, 0.1) is 18.2 Å². The van der Waals surface area contributed by atoms with Crippen LogP contribution in [0.2, 0.25) is 0 Å². The maximum absolute atomic E-state index is 13.6. The van der Waals surface area contributed by atoms with E-state index in [0.29, 0.717) is 6.42 Å². The fraction of sp³-hybridized carbons (Fsp3) is 0.417. The molecule has 0 amide bonds. The fourth-order valence-corrected chi connectivity index (χ4v) is 1.76. The number of rotatable bonds is 5. The number of phenols is 1. The van der Waals surface area contributed by atoms with Crippen molar-refractivity contribution in [1.82, 2.24) is 0 Å². The number of unbranched alkanes of at least 4 members (excludes halogenated alkanes) is 1. The van der Waals surface area contributed by atoms with Gasteiger partial charge in [0, 0.05) is 0 Å². The molecule has 0 aromatic heterocycles. The first kappa shape index (κ1) is 14.8. The Hall–Kier alpha value is -1.30. The number of carbonyl (C=O) groups excluding carboxylic acids is 1. The van der Waals surface area contributed by atoms with Gasteiger partial charge in [0.2, 0.25) is 0 Å². The summed E-state index contributed by atoms with van der Waals surface area (Å²) in [6.07, 6.45) is 1.56. The molecule has 1 aromatic carbocycles. The molecule has 18 heavy (non-hydrogen) atoms. The van der Waals surface area contributed by atoms with Crippen LogP contribution in [0.15, 0.2) is 10.5 Å². The van der Waals surface area contributed by atoms with Gasteiger partial charge in [0.25, 0.3) is 0 Å². The number of methoxy groups -OCH3 is 1. The predicted molar refractivity (Wildman–Crippen MR) is 67.5 cm³/mol. The number of hydrogen-bond donors (Lipinski definition) is 1. The number of ether oxygens (including phenoxy) is 2. The summed E-state index contributed by atoms with van der Waals surface area (Å²) < 4.78 is 23.4. The number of hydrogen-bond acceptors (Lipinski definition) is 4. The standard InChI is InChI=1S/C12H14BrFO4/c1-3-4-5-18-12(16)9-10(15)7(13)6-8(14)11(9)17-2/h6,15H,3-5H2,1-2H3. The van der Waals surface area contributed by atoms with Crippen LogP contribution in [0.4, 0.5) is 4.39 Å². The normalized spacial score (nSPS) is 10.2. The maximum Gasteiger partial charge on any atom is 0.345 e. The highest BCUT2D eigenvalue weighted by Crippen LogP contribution is 2.37. The largest absolute Gasteiger partial charge is 0.506 e. The van der Waals surface area contributed by atoms with E-state index in [1.165, 1.54) is 7.11 Å². The first-order valence-corrected chi connectivity index (χ1v) is 6.24. The molecule has 0 spiro atoms. The van der Waals surface area contributed by atoms with Crippen LogP contribution in [0.3, 0.4) is 0 Å². The summed E-state index contributed by atoms with van der Waals surface area (Å²) in [7, 11) is 1.22. The van der Waals surface area contributed by atoms with Gasteiger partial charge in [0.1, 0.15) is 11.3 Å². The molecule has 100 valence electrons. The summed E-state index contributed by atoms with van der Waals surface area (Å²) in [4.78, 5) is 11.8. The smallest absolute Gasteiger partial charge is 0.345 e. The van der Waals surface area contributed by atoms with Gasteiger partial charge in [-0.05, 0) is 28.4 Å². The van der Waals surface area contributed by atoms with Crippen molar-refractivity contribution < 1.29 is 23.8 Å². The summed E-state index contributed by atoms with van der Waals surface area (Å²) in [5.41, 5.74) is -0.305. The molecule has 0 saturated heterocycles. The molecule has 0 heterocycles. The lowest BCUT2D eigenvalue weighted by atomic mass is 10.1. The molecule has 1 rings (SSSR count). The molecular formula is C12H14BrFO4. The number of halogens is 2. The van der Waals surface area contributed by atoms with Gasteiger partial charge in [-0.15, -0.1) is 0 Å². The molecule has 0 atom stereocenters. The Balaban J connectivity index is 3.09. The third-order valence-electron chi connectivity index (χ3n) is 2.30. The Morgan fingerprint density at radius 2 is 2.22 bits per heavy atom. The number of benzene rings is 1. The van der Waals surface area contributed by atoms with Gasteiger partial charge in [-0.3, -0.25) is 0 Å². The van der Waals surface area contributed by atoms with E-state index in [9.17, 15) is 14.3 Å². The highest BCUT2D eigenvalue weighted by Gasteiger charge is 2.24.